The van der Waals surface area contributed by atoms with Crippen LogP contribution in [-0.2, 0) is 0 Å². The van der Waals surface area contributed by atoms with Gasteiger partial charge in [-0.3, -0.25) is 0 Å². The first-order chi connectivity index (χ1) is 13.3. The molecule has 1 aromatic carbocycles. The van der Waals surface area contributed by atoms with Crippen LogP contribution in [0, 0.1) is 0 Å². The molecule has 0 unspecified atom stereocenters. The molecule has 0 fully saturated rings. The van der Waals surface area contributed by atoms with Crippen LogP contribution in [0.2, 0.25) is 0 Å². The van der Waals surface area contributed by atoms with Crippen molar-refractivity contribution in [2.45, 2.75) is 84.7 Å². The van der Waals surface area contributed by atoms with Gasteiger partial charge < -0.3 is 19.0 Å². The Morgan fingerprint density at radius 3 is 2.29 bits per heavy atom. The van der Waals surface area contributed by atoms with Crippen LogP contribution in [0.4, 0.5) is 0 Å². The molecule has 1 heterocycles. The third-order valence-electron chi connectivity index (χ3n) is 4.49. The van der Waals surface area contributed by atoms with Gasteiger partial charge >= 0.3 is 5.63 Å². The van der Waals surface area contributed by atoms with Gasteiger partial charge in [-0.15, -0.1) is 0 Å². The molecule has 0 aliphatic heterocycles. The zero-order chi connectivity index (χ0) is 20.6. The van der Waals surface area contributed by atoms with Crippen LogP contribution in [0.3, 0.4) is 0 Å². The quantitative estimate of drug-likeness (QED) is 0.366. The molecule has 0 atom stereocenters. The lowest BCUT2D eigenvalue weighted by atomic mass is 10.1. The molecule has 5 nitrogen and oxygen atoms in total. The fourth-order valence-electron chi connectivity index (χ4n) is 3.13. The van der Waals surface area contributed by atoms with E-state index in [1.165, 1.54) is 38.5 Å². The smallest absolute Gasteiger partial charge is 0.382 e. The van der Waals surface area contributed by atoms with Gasteiger partial charge in [-0.25, -0.2) is 4.79 Å². The molecule has 156 valence electrons. The maximum Gasteiger partial charge on any atom is 0.382 e. The van der Waals surface area contributed by atoms with Crippen molar-refractivity contribution in [1.29, 1.82) is 0 Å². The van der Waals surface area contributed by atoms with Crippen LogP contribution in [0.25, 0.3) is 11.0 Å². The van der Waals surface area contributed by atoms with Crippen molar-refractivity contribution in [3.63, 3.8) is 0 Å². The highest BCUT2D eigenvalue weighted by atomic mass is 16.5. The van der Waals surface area contributed by atoms with E-state index in [4.69, 9.17) is 13.9 Å². The molecule has 0 saturated carbocycles. The second kappa shape index (κ2) is 10.4. The van der Waals surface area contributed by atoms with Crippen molar-refractivity contribution >= 4 is 11.0 Å². The summed E-state index contributed by atoms with van der Waals surface area (Å²) in [4.78, 5) is 12.1. The van der Waals surface area contributed by atoms with Crippen LogP contribution in [0.15, 0.2) is 27.4 Å². The summed E-state index contributed by atoms with van der Waals surface area (Å²) >= 11 is 0. The molecule has 1 aromatic heterocycles. The van der Waals surface area contributed by atoms with Gasteiger partial charge in [-0.05, 0) is 39.3 Å². The van der Waals surface area contributed by atoms with E-state index < -0.39 is 17.0 Å². The molecule has 0 bridgehead atoms. The third kappa shape index (κ3) is 6.47. The molecule has 1 N–H and O–H groups in total. The molecule has 0 aliphatic carbocycles. The van der Waals surface area contributed by atoms with Crippen LogP contribution < -0.4 is 15.1 Å². The van der Waals surface area contributed by atoms with Crippen LogP contribution in [-0.4, -0.2) is 17.3 Å². The summed E-state index contributed by atoms with van der Waals surface area (Å²) in [6, 6.07) is 5.30. The Labute approximate surface area is 167 Å². The Morgan fingerprint density at radius 1 is 1.00 bits per heavy atom. The Bertz CT molecular complexity index is 801. The van der Waals surface area contributed by atoms with E-state index in [0.717, 1.165) is 12.8 Å². The van der Waals surface area contributed by atoms with Gasteiger partial charge in [0, 0.05) is 0 Å². The topological polar surface area (TPSA) is 68.9 Å². The van der Waals surface area contributed by atoms with Gasteiger partial charge in [0.05, 0.1) is 12.0 Å². The minimum atomic E-state index is -0.816. The van der Waals surface area contributed by atoms with Gasteiger partial charge in [0.15, 0.2) is 17.1 Å². The monoisotopic (exact) mass is 390 g/mol. The summed E-state index contributed by atoms with van der Waals surface area (Å²) in [5, 5.41) is 10.7. The van der Waals surface area contributed by atoms with Crippen molar-refractivity contribution in [2.24, 2.45) is 0 Å². The van der Waals surface area contributed by atoms with E-state index in [-0.39, 0.29) is 5.75 Å². The number of benzene rings is 1. The fourth-order valence-corrected chi connectivity index (χ4v) is 3.13. The van der Waals surface area contributed by atoms with E-state index in [9.17, 15) is 9.90 Å². The number of hydrogen-bond donors (Lipinski definition) is 1. The molecule has 0 aliphatic rings. The SMILES string of the molecule is CCCCCCCCCCOc1c(O)c(=O)oc2c(OC(C)(C)C)cccc12. The number of ether oxygens (including phenoxy) is 2. The second-order valence-corrected chi connectivity index (χ2v) is 8.24. The van der Waals surface area contributed by atoms with Crippen molar-refractivity contribution < 1.29 is 19.0 Å². The Hall–Kier alpha value is -2.17. The lowest BCUT2D eigenvalue weighted by Gasteiger charge is -2.22. The van der Waals surface area contributed by atoms with Gasteiger partial charge in [0.1, 0.15) is 5.60 Å². The van der Waals surface area contributed by atoms with Crippen molar-refractivity contribution in [3.05, 3.63) is 28.6 Å². The maximum absolute atomic E-state index is 12.1. The highest BCUT2D eigenvalue weighted by Gasteiger charge is 2.20. The van der Waals surface area contributed by atoms with E-state index in [1.54, 1.807) is 18.2 Å². The molecule has 5 heteroatoms. The highest BCUT2D eigenvalue weighted by Crippen LogP contribution is 2.37. The molecule has 0 saturated heterocycles. The standard InChI is InChI=1S/C23H34O5/c1-5-6-7-8-9-10-11-12-16-26-21-17-14-13-15-18(28-23(2,3)4)20(17)27-22(25)19(21)24/h13-15,24H,5-12,16H2,1-4H3. The second-order valence-electron chi connectivity index (χ2n) is 8.24. The average molecular weight is 391 g/mol. The van der Waals surface area contributed by atoms with Crippen LogP contribution in [0.5, 0.6) is 17.2 Å². The molecular formula is C23H34O5. The molecule has 2 rings (SSSR count). The minimum Gasteiger partial charge on any atom is -0.499 e. The summed E-state index contributed by atoms with van der Waals surface area (Å²) in [7, 11) is 0. The van der Waals surface area contributed by atoms with Crippen molar-refractivity contribution in [2.75, 3.05) is 6.61 Å². The molecular weight excluding hydrogens is 356 g/mol. The normalized spacial score (nSPS) is 11.7. The average Bonchev–Trinajstić information content (AvgIpc) is 2.62. The zero-order valence-electron chi connectivity index (χ0n) is 17.7. The summed E-state index contributed by atoms with van der Waals surface area (Å²) in [5.74, 6) is 0.146. The number of aromatic hydroxyl groups is 1. The van der Waals surface area contributed by atoms with E-state index in [1.807, 2.05) is 20.8 Å². The van der Waals surface area contributed by atoms with E-state index >= 15 is 0 Å². The predicted molar refractivity (Wildman–Crippen MR) is 113 cm³/mol. The van der Waals surface area contributed by atoms with Gasteiger partial charge in [-0.1, -0.05) is 57.9 Å². The fraction of sp³-hybridized carbons (Fsp3) is 0.609. The largest absolute Gasteiger partial charge is 0.499 e. The lowest BCUT2D eigenvalue weighted by molar-refractivity contribution is 0.131. The van der Waals surface area contributed by atoms with Crippen molar-refractivity contribution in [3.8, 4) is 17.2 Å². The van der Waals surface area contributed by atoms with Gasteiger partial charge in [-0.2, -0.15) is 0 Å². The third-order valence-corrected chi connectivity index (χ3v) is 4.49. The van der Waals surface area contributed by atoms with E-state index in [0.29, 0.717) is 23.3 Å². The minimum absolute atomic E-state index is 0.175. The van der Waals surface area contributed by atoms with Crippen molar-refractivity contribution in [1.82, 2.24) is 0 Å². The molecule has 0 radical (unpaired) electrons. The first kappa shape index (κ1) is 22.1. The zero-order valence-corrected chi connectivity index (χ0v) is 17.7. The first-order valence-corrected chi connectivity index (χ1v) is 10.4. The Morgan fingerprint density at radius 2 is 1.64 bits per heavy atom. The molecule has 28 heavy (non-hydrogen) atoms. The number of fused-ring (bicyclic) bond motifs is 1. The number of para-hydroxylation sites is 1. The number of unbranched alkanes of at least 4 members (excludes halogenated alkanes) is 7. The number of rotatable bonds is 11. The first-order valence-electron chi connectivity index (χ1n) is 10.4. The summed E-state index contributed by atoms with van der Waals surface area (Å²) < 4.78 is 17.0. The lowest BCUT2D eigenvalue weighted by Crippen LogP contribution is -2.23. The van der Waals surface area contributed by atoms with E-state index in [2.05, 4.69) is 6.92 Å². The highest BCUT2D eigenvalue weighted by molar-refractivity contribution is 5.89. The number of hydrogen-bond acceptors (Lipinski definition) is 5. The van der Waals surface area contributed by atoms with Crippen LogP contribution in [0.1, 0.15) is 79.1 Å². The maximum atomic E-state index is 12.1. The van der Waals surface area contributed by atoms with Crippen LogP contribution >= 0.6 is 0 Å². The summed E-state index contributed by atoms with van der Waals surface area (Å²) in [6.45, 7) is 8.43. The van der Waals surface area contributed by atoms with Gasteiger partial charge in [0.25, 0.3) is 0 Å². The molecule has 0 spiro atoms. The molecule has 2 aromatic rings. The Kier molecular flexibility index (Phi) is 8.21. The molecule has 0 amide bonds. The Balaban J connectivity index is 2.03. The summed E-state index contributed by atoms with van der Waals surface area (Å²) in [5.41, 5.74) is -0.961. The summed E-state index contributed by atoms with van der Waals surface area (Å²) in [6.07, 6.45) is 9.56. The predicted octanol–water partition coefficient (Wildman–Crippen LogP) is 6.20. The van der Waals surface area contributed by atoms with Gasteiger partial charge in [0.2, 0.25) is 5.75 Å².